The minimum Gasteiger partial charge on any atom is -0.338 e. The molecular weight excluding hydrogens is 418 g/mol. The average Bonchev–Trinajstić information content (AvgIpc) is 2.84. The summed E-state index contributed by atoms with van der Waals surface area (Å²) in [5.74, 6) is 2.87. The fourth-order valence-corrected chi connectivity index (χ4v) is 7.27. The Kier molecular flexibility index (Phi) is 7.32. The number of hydrogen-bond donors (Lipinski definition) is 1. The summed E-state index contributed by atoms with van der Waals surface area (Å²) < 4.78 is 0. The Bertz CT molecular complexity index is 920. The molecule has 4 bridgehead atoms. The number of hydrogen-bond acceptors (Lipinski definition) is 2. The highest BCUT2D eigenvalue weighted by molar-refractivity contribution is 5.74. The molecule has 1 N–H and O–H groups in total. The van der Waals surface area contributed by atoms with Crippen molar-refractivity contribution in [2.24, 2.45) is 23.2 Å². The van der Waals surface area contributed by atoms with Gasteiger partial charge in [0.1, 0.15) is 0 Å². The molecule has 6 rings (SSSR count). The zero-order valence-electron chi connectivity index (χ0n) is 20.4. The maximum atomic E-state index is 13.2. The normalized spacial score (nSPS) is 27.2. The lowest BCUT2D eigenvalue weighted by atomic mass is 9.49. The second kappa shape index (κ2) is 10.8. The van der Waals surface area contributed by atoms with E-state index in [1.165, 1.54) is 56.1 Å². The molecule has 0 aliphatic heterocycles. The van der Waals surface area contributed by atoms with Crippen LogP contribution in [-0.2, 0) is 6.42 Å². The number of nitrogens with zero attached hydrogens (tertiary/aromatic N) is 2. The maximum absolute atomic E-state index is 13.2. The highest BCUT2D eigenvalue weighted by Crippen LogP contribution is 2.61. The quantitative estimate of drug-likeness (QED) is 0.423. The Morgan fingerprint density at radius 1 is 1.00 bits per heavy atom. The maximum Gasteiger partial charge on any atom is 0.317 e. The molecule has 0 radical (unpaired) electrons. The number of amides is 2. The van der Waals surface area contributed by atoms with Crippen LogP contribution in [0.15, 0.2) is 60.9 Å². The summed E-state index contributed by atoms with van der Waals surface area (Å²) in [6.07, 6.45) is 19.6. The Labute approximate surface area is 204 Å². The monoisotopic (exact) mass is 457 g/mol. The molecule has 0 spiro atoms. The van der Waals surface area contributed by atoms with Crippen molar-refractivity contribution in [2.75, 3.05) is 19.6 Å². The summed E-state index contributed by atoms with van der Waals surface area (Å²) in [6.45, 7) is 2.23. The lowest BCUT2D eigenvalue weighted by molar-refractivity contribution is -0.0593. The zero-order valence-corrected chi connectivity index (χ0v) is 20.4. The van der Waals surface area contributed by atoms with Gasteiger partial charge in [-0.25, -0.2) is 4.79 Å². The largest absolute Gasteiger partial charge is 0.338 e. The van der Waals surface area contributed by atoms with Crippen molar-refractivity contribution in [1.82, 2.24) is 15.2 Å². The van der Waals surface area contributed by atoms with E-state index in [9.17, 15) is 4.79 Å². The third kappa shape index (κ3) is 5.89. The van der Waals surface area contributed by atoms with Crippen LogP contribution in [0, 0.1) is 23.2 Å². The van der Waals surface area contributed by atoms with Crippen LogP contribution in [0.5, 0.6) is 0 Å². The molecule has 1 aromatic heterocycles. The van der Waals surface area contributed by atoms with Crippen LogP contribution in [-0.4, -0.2) is 35.5 Å². The van der Waals surface area contributed by atoms with Crippen molar-refractivity contribution in [3.8, 4) is 0 Å². The molecule has 2 aromatic rings. The Morgan fingerprint density at radius 2 is 1.68 bits per heavy atom. The fourth-order valence-electron chi connectivity index (χ4n) is 7.27. The number of aryl methyl sites for hydroxylation is 1. The summed E-state index contributed by atoms with van der Waals surface area (Å²) in [5, 5.41) is 3.20. The van der Waals surface area contributed by atoms with E-state index in [1.807, 2.05) is 35.5 Å². The molecule has 1 heterocycles. The number of rotatable bonds is 10. The van der Waals surface area contributed by atoms with E-state index < -0.39 is 0 Å². The van der Waals surface area contributed by atoms with Crippen LogP contribution < -0.4 is 5.32 Å². The minimum atomic E-state index is 0.0807. The van der Waals surface area contributed by atoms with Gasteiger partial charge >= 0.3 is 6.03 Å². The van der Waals surface area contributed by atoms with E-state index in [-0.39, 0.29) is 6.03 Å². The third-order valence-electron chi connectivity index (χ3n) is 8.47. The third-order valence-corrected chi connectivity index (χ3v) is 8.47. The zero-order chi connectivity index (χ0) is 23.2. The van der Waals surface area contributed by atoms with Gasteiger partial charge < -0.3 is 10.2 Å². The molecule has 0 saturated heterocycles. The van der Waals surface area contributed by atoms with Gasteiger partial charge in [-0.15, -0.1) is 0 Å². The predicted molar refractivity (Wildman–Crippen MR) is 138 cm³/mol. The molecule has 4 aliphatic carbocycles. The van der Waals surface area contributed by atoms with Crippen LogP contribution in [0.1, 0.15) is 62.5 Å². The second-order valence-electron chi connectivity index (χ2n) is 11.1. The molecule has 4 heteroatoms. The van der Waals surface area contributed by atoms with Crippen molar-refractivity contribution in [2.45, 2.75) is 57.8 Å². The predicted octanol–water partition coefficient (Wildman–Crippen LogP) is 6.35. The van der Waals surface area contributed by atoms with Crippen LogP contribution in [0.2, 0.25) is 0 Å². The Balaban J connectivity index is 1.17. The molecule has 1 aromatic carbocycles. The summed E-state index contributed by atoms with van der Waals surface area (Å²) in [6, 6.07) is 14.5. The van der Waals surface area contributed by atoms with Gasteiger partial charge in [0.25, 0.3) is 0 Å². The molecule has 34 heavy (non-hydrogen) atoms. The van der Waals surface area contributed by atoms with Gasteiger partial charge in [-0.2, -0.15) is 0 Å². The van der Waals surface area contributed by atoms with E-state index >= 15 is 0 Å². The van der Waals surface area contributed by atoms with Crippen LogP contribution in [0.25, 0.3) is 6.08 Å². The fraction of sp³-hybridized carbons (Fsp3) is 0.533. The number of carbonyl (C=O) groups excluding carboxylic acids is 1. The first-order chi connectivity index (χ1) is 16.7. The SMILES string of the molecule is O=C(NCCCc1ccncc1)N(CC=Cc1ccccc1)CCC12CC3CC(CC(C3)C1)C2. The van der Waals surface area contributed by atoms with Crippen LogP contribution in [0.4, 0.5) is 4.79 Å². The molecule has 2 amide bonds. The molecular formula is C30H39N3O. The summed E-state index contributed by atoms with van der Waals surface area (Å²) in [5.41, 5.74) is 2.95. The summed E-state index contributed by atoms with van der Waals surface area (Å²) >= 11 is 0. The molecule has 4 fully saturated rings. The lowest BCUT2D eigenvalue weighted by Crippen LogP contribution is -2.48. The standard InChI is InChI=1S/C30H39N3O/c34-29(32-13-4-8-25-10-14-31-15-11-25)33(16-5-9-24-6-2-1-3-7-24)17-12-30-21-26-18-27(22-30)20-28(19-26)23-30/h1-3,5-7,9-11,14-15,26-28H,4,8,12-13,16-23H2,(H,32,34). The smallest absolute Gasteiger partial charge is 0.317 e. The van der Waals surface area contributed by atoms with E-state index in [0.29, 0.717) is 18.5 Å². The highest BCUT2D eigenvalue weighted by atomic mass is 16.2. The number of pyridine rings is 1. The highest BCUT2D eigenvalue weighted by Gasteiger charge is 2.50. The van der Waals surface area contributed by atoms with Crippen molar-refractivity contribution in [3.63, 3.8) is 0 Å². The Morgan fingerprint density at radius 3 is 2.35 bits per heavy atom. The molecule has 4 saturated carbocycles. The van der Waals surface area contributed by atoms with Gasteiger partial charge in [0, 0.05) is 32.0 Å². The van der Waals surface area contributed by atoms with Crippen LogP contribution in [0.3, 0.4) is 0 Å². The number of aromatic nitrogens is 1. The number of benzene rings is 1. The van der Waals surface area contributed by atoms with Gasteiger partial charge in [0.05, 0.1) is 0 Å². The summed E-state index contributed by atoms with van der Waals surface area (Å²) in [4.78, 5) is 19.3. The topological polar surface area (TPSA) is 45.2 Å². The van der Waals surface area contributed by atoms with Crippen molar-refractivity contribution < 1.29 is 4.79 Å². The van der Waals surface area contributed by atoms with Gasteiger partial charge in [0.2, 0.25) is 0 Å². The molecule has 0 atom stereocenters. The molecule has 180 valence electrons. The molecule has 4 aliphatic rings. The van der Waals surface area contributed by atoms with E-state index in [2.05, 4.69) is 46.7 Å². The van der Waals surface area contributed by atoms with E-state index in [4.69, 9.17) is 0 Å². The first-order valence-electron chi connectivity index (χ1n) is 13.3. The van der Waals surface area contributed by atoms with Crippen molar-refractivity contribution >= 4 is 12.1 Å². The molecule has 0 unspecified atom stereocenters. The second-order valence-corrected chi connectivity index (χ2v) is 11.1. The van der Waals surface area contributed by atoms with Crippen molar-refractivity contribution in [3.05, 3.63) is 72.1 Å². The van der Waals surface area contributed by atoms with Gasteiger partial charge in [-0.1, -0.05) is 42.5 Å². The number of urea groups is 1. The first-order valence-corrected chi connectivity index (χ1v) is 13.3. The average molecular weight is 458 g/mol. The number of carbonyl (C=O) groups is 1. The number of nitrogens with one attached hydrogen (secondary N) is 1. The van der Waals surface area contributed by atoms with Gasteiger partial charge in [0.15, 0.2) is 0 Å². The molecule has 4 nitrogen and oxygen atoms in total. The van der Waals surface area contributed by atoms with Crippen molar-refractivity contribution in [1.29, 1.82) is 0 Å². The van der Waals surface area contributed by atoms with Gasteiger partial charge in [-0.3, -0.25) is 4.98 Å². The lowest BCUT2D eigenvalue weighted by Gasteiger charge is -2.57. The summed E-state index contributed by atoms with van der Waals surface area (Å²) in [7, 11) is 0. The van der Waals surface area contributed by atoms with Crippen LogP contribution >= 0.6 is 0 Å². The van der Waals surface area contributed by atoms with Gasteiger partial charge in [-0.05, 0) is 104 Å². The van der Waals surface area contributed by atoms with E-state index in [0.717, 1.165) is 37.1 Å². The Hall–Kier alpha value is -2.62. The minimum absolute atomic E-state index is 0.0807. The van der Waals surface area contributed by atoms with E-state index in [1.54, 1.807) is 0 Å². The first kappa shape index (κ1) is 23.1.